The lowest BCUT2D eigenvalue weighted by Crippen LogP contribution is -2.34. The van der Waals surface area contributed by atoms with Gasteiger partial charge in [-0.1, -0.05) is 48.5 Å². The van der Waals surface area contributed by atoms with Gasteiger partial charge in [0.15, 0.2) is 0 Å². The van der Waals surface area contributed by atoms with Gasteiger partial charge in [-0.25, -0.2) is 4.39 Å². The number of hydrogen-bond acceptors (Lipinski definition) is 2. The molecule has 3 N–H and O–H groups in total. The van der Waals surface area contributed by atoms with Crippen LogP contribution in [-0.4, -0.2) is 18.5 Å². The van der Waals surface area contributed by atoms with Gasteiger partial charge in [0.05, 0.1) is 0 Å². The molecule has 3 nitrogen and oxygen atoms in total. The monoisotopic (exact) mass is 300 g/mol. The van der Waals surface area contributed by atoms with Gasteiger partial charge in [0.2, 0.25) is 5.91 Å². The summed E-state index contributed by atoms with van der Waals surface area (Å²) in [6.45, 7) is 0.579. The third-order valence-corrected chi connectivity index (χ3v) is 3.47. The second-order valence-corrected chi connectivity index (χ2v) is 5.35. The van der Waals surface area contributed by atoms with Gasteiger partial charge in [0.25, 0.3) is 0 Å². The molecule has 0 saturated carbocycles. The molecule has 4 heteroatoms. The van der Waals surface area contributed by atoms with E-state index in [0.29, 0.717) is 18.5 Å². The molecule has 0 aliphatic carbocycles. The Bertz CT molecular complexity index is 601. The zero-order valence-corrected chi connectivity index (χ0v) is 12.5. The highest BCUT2D eigenvalue weighted by molar-refractivity contribution is 5.76. The fourth-order valence-electron chi connectivity index (χ4n) is 2.32. The topological polar surface area (TPSA) is 55.1 Å². The predicted octanol–water partition coefficient (Wildman–Crippen LogP) is 2.44. The Morgan fingerprint density at radius 1 is 1.09 bits per heavy atom. The van der Waals surface area contributed by atoms with Crippen LogP contribution in [0, 0.1) is 5.82 Å². The SMILES string of the molecule is N[C@@H](CC(=O)NCCc1ccccc1)Cc1ccccc1F. The maximum Gasteiger partial charge on any atom is 0.221 e. The molecule has 2 aromatic rings. The van der Waals surface area contributed by atoms with E-state index in [1.807, 2.05) is 30.3 Å². The summed E-state index contributed by atoms with van der Waals surface area (Å²) >= 11 is 0. The summed E-state index contributed by atoms with van der Waals surface area (Å²) in [5.41, 5.74) is 7.66. The molecule has 0 aromatic heterocycles. The van der Waals surface area contributed by atoms with Crippen LogP contribution < -0.4 is 11.1 Å². The fraction of sp³-hybridized carbons (Fsp3) is 0.278. The molecular formula is C18H21FN2O. The maximum absolute atomic E-state index is 13.5. The van der Waals surface area contributed by atoms with Crippen molar-refractivity contribution >= 4 is 5.91 Å². The summed E-state index contributed by atoms with van der Waals surface area (Å²) in [5, 5.41) is 2.85. The van der Waals surface area contributed by atoms with Crippen molar-refractivity contribution < 1.29 is 9.18 Å². The molecule has 0 spiro atoms. The number of rotatable bonds is 7. The standard InChI is InChI=1S/C18H21FN2O/c19-17-9-5-4-8-15(17)12-16(20)13-18(22)21-11-10-14-6-2-1-3-7-14/h1-9,16H,10-13,20H2,(H,21,22)/t16-/m1/s1. The van der Waals surface area contributed by atoms with Crippen molar-refractivity contribution in [2.24, 2.45) is 5.73 Å². The lowest BCUT2D eigenvalue weighted by Gasteiger charge is -2.12. The first-order valence-electron chi connectivity index (χ1n) is 7.45. The number of nitrogens with one attached hydrogen (secondary N) is 1. The number of benzene rings is 2. The molecule has 1 amide bonds. The van der Waals surface area contributed by atoms with Gasteiger partial charge >= 0.3 is 0 Å². The Hall–Kier alpha value is -2.20. The van der Waals surface area contributed by atoms with E-state index in [1.54, 1.807) is 18.2 Å². The Kier molecular flexibility index (Phi) is 6.10. The number of halogens is 1. The van der Waals surface area contributed by atoms with Crippen molar-refractivity contribution in [3.05, 3.63) is 71.5 Å². The zero-order chi connectivity index (χ0) is 15.8. The summed E-state index contributed by atoms with van der Waals surface area (Å²) in [6.07, 6.45) is 1.34. The van der Waals surface area contributed by atoms with Crippen LogP contribution in [0.3, 0.4) is 0 Å². The number of carbonyl (C=O) groups excluding carboxylic acids is 1. The predicted molar refractivity (Wildman–Crippen MR) is 85.9 cm³/mol. The van der Waals surface area contributed by atoms with E-state index < -0.39 is 0 Å². The third kappa shape index (κ3) is 5.30. The first-order chi connectivity index (χ1) is 10.6. The lowest BCUT2D eigenvalue weighted by molar-refractivity contribution is -0.121. The lowest BCUT2D eigenvalue weighted by atomic mass is 10.0. The van der Waals surface area contributed by atoms with Gasteiger partial charge in [0.1, 0.15) is 5.82 Å². The van der Waals surface area contributed by atoms with Crippen molar-refractivity contribution in [2.75, 3.05) is 6.54 Å². The summed E-state index contributed by atoms with van der Waals surface area (Å²) < 4.78 is 13.5. The van der Waals surface area contributed by atoms with Crippen molar-refractivity contribution in [1.82, 2.24) is 5.32 Å². The van der Waals surface area contributed by atoms with Crippen LogP contribution in [0.1, 0.15) is 17.5 Å². The van der Waals surface area contributed by atoms with Crippen LogP contribution in [0.2, 0.25) is 0 Å². The molecule has 0 unspecified atom stereocenters. The zero-order valence-electron chi connectivity index (χ0n) is 12.5. The van der Waals surface area contributed by atoms with Crippen LogP contribution in [0.15, 0.2) is 54.6 Å². The van der Waals surface area contributed by atoms with Crippen LogP contribution in [0.4, 0.5) is 4.39 Å². The van der Waals surface area contributed by atoms with E-state index in [-0.39, 0.29) is 24.2 Å². The highest BCUT2D eigenvalue weighted by Crippen LogP contribution is 2.09. The van der Waals surface area contributed by atoms with Crippen LogP contribution in [0.5, 0.6) is 0 Å². The third-order valence-electron chi connectivity index (χ3n) is 3.47. The van der Waals surface area contributed by atoms with E-state index in [0.717, 1.165) is 6.42 Å². The minimum atomic E-state index is -0.381. The Morgan fingerprint density at radius 3 is 2.50 bits per heavy atom. The smallest absolute Gasteiger partial charge is 0.221 e. The highest BCUT2D eigenvalue weighted by atomic mass is 19.1. The quantitative estimate of drug-likeness (QED) is 0.825. The summed E-state index contributed by atoms with van der Waals surface area (Å²) in [7, 11) is 0. The van der Waals surface area contributed by atoms with Crippen LogP contribution in [-0.2, 0) is 17.6 Å². The van der Waals surface area contributed by atoms with Crippen molar-refractivity contribution in [3.8, 4) is 0 Å². The molecule has 0 aliphatic rings. The molecule has 0 fully saturated rings. The number of nitrogens with two attached hydrogens (primary N) is 1. The van der Waals surface area contributed by atoms with Crippen molar-refractivity contribution in [1.29, 1.82) is 0 Å². The molecule has 22 heavy (non-hydrogen) atoms. The van der Waals surface area contributed by atoms with Gasteiger partial charge in [-0.05, 0) is 30.0 Å². The molecule has 0 bridgehead atoms. The van der Waals surface area contributed by atoms with E-state index in [9.17, 15) is 9.18 Å². The molecule has 1 atom stereocenters. The highest BCUT2D eigenvalue weighted by Gasteiger charge is 2.12. The summed E-state index contributed by atoms with van der Waals surface area (Å²) in [4.78, 5) is 11.8. The molecule has 0 aliphatic heterocycles. The van der Waals surface area contributed by atoms with Gasteiger partial charge in [0, 0.05) is 19.0 Å². The molecule has 0 radical (unpaired) electrons. The Labute approximate surface area is 130 Å². The van der Waals surface area contributed by atoms with Gasteiger partial charge in [-0.15, -0.1) is 0 Å². The van der Waals surface area contributed by atoms with Gasteiger partial charge in [-0.2, -0.15) is 0 Å². The second kappa shape index (κ2) is 8.29. The van der Waals surface area contributed by atoms with Crippen LogP contribution in [0.25, 0.3) is 0 Å². The number of carbonyl (C=O) groups is 1. The Morgan fingerprint density at radius 2 is 1.77 bits per heavy atom. The molecular weight excluding hydrogens is 279 g/mol. The minimum Gasteiger partial charge on any atom is -0.356 e. The molecule has 0 saturated heterocycles. The largest absolute Gasteiger partial charge is 0.356 e. The molecule has 0 heterocycles. The van der Waals surface area contributed by atoms with Crippen molar-refractivity contribution in [2.45, 2.75) is 25.3 Å². The van der Waals surface area contributed by atoms with E-state index in [2.05, 4.69) is 5.32 Å². The van der Waals surface area contributed by atoms with Crippen LogP contribution >= 0.6 is 0 Å². The fourth-order valence-corrected chi connectivity index (χ4v) is 2.32. The van der Waals surface area contributed by atoms with E-state index >= 15 is 0 Å². The number of amides is 1. The summed E-state index contributed by atoms with van der Waals surface area (Å²) in [6, 6.07) is 16.1. The van der Waals surface area contributed by atoms with E-state index in [1.165, 1.54) is 11.6 Å². The normalized spacial score (nSPS) is 11.9. The van der Waals surface area contributed by atoms with Gasteiger partial charge < -0.3 is 11.1 Å². The Balaban J connectivity index is 1.71. The summed E-state index contributed by atoms with van der Waals surface area (Å²) in [5.74, 6) is -0.373. The average molecular weight is 300 g/mol. The molecule has 2 rings (SSSR count). The van der Waals surface area contributed by atoms with E-state index in [4.69, 9.17) is 5.73 Å². The second-order valence-electron chi connectivity index (χ2n) is 5.35. The van der Waals surface area contributed by atoms with Crippen molar-refractivity contribution in [3.63, 3.8) is 0 Å². The average Bonchev–Trinajstić information content (AvgIpc) is 2.50. The minimum absolute atomic E-state index is 0.0974. The molecule has 2 aromatic carbocycles. The van der Waals surface area contributed by atoms with Gasteiger partial charge in [-0.3, -0.25) is 4.79 Å². The first kappa shape index (κ1) is 16.2. The maximum atomic E-state index is 13.5. The first-order valence-corrected chi connectivity index (χ1v) is 7.45. The number of hydrogen-bond donors (Lipinski definition) is 2. The molecule has 116 valence electrons.